The molecule has 4 rings (SSSR count). The van der Waals surface area contributed by atoms with Gasteiger partial charge in [0, 0.05) is 35.6 Å². The number of hydrogen-bond donors (Lipinski definition) is 1. The Hall–Kier alpha value is -3.28. The largest absolute Gasteiger partial charge is 0.497 e. The van der Waals surface area contributed by atoms with Crippen LogP contribution in [-0.2, 0) is 9.59 Å². The standard InChI is InChI=1S/C27H31NO5/c1-16(2)15-33-19-7-5-17(6-8-19)18-11-23-27(24(29)12-18)22(14-26(30)28-23)21-13-20(31-3)9-10-25(21)32-4/h5-10,13,16,18,22H,11-12,14-15H2,1-4H3,(H,28,30). The highest BCUT2D eigenvalue weighted by molar-refractivity contribution is 6.02. The van der Waals surface area contributed by atoms with Crippen LogP contribution in [0.4, 0.5) is 0 Å². The number of carbonyl (C=O) groups excluding carboxylic acids is 2. The van der Waals surface area contributed by atoms with Crippen LogP contribution in [-0.4, -0.2) is 32.5 Å². The van der Waals surface area contributed by atoms with E-state index in [1.165, 1.54) is 0 Å². The predicted octanol–water partition coefficient (Wildman–Crippen LogP) is 4.74. The number of benzene rings is 2. The molecule has 1 heterocycles. The first kappa shape index (κ1) is 22.9. The van der Waals surface area contributed by atoms with Crippen molar-refractivity contribution in [2.45, 2.75) is 44.9 Å². The fourth-order valence-electron chi connectivity index (χ4n) is 4.67. The SMILES string of the molecule is COc1ccc(OC)c(C2CC(=O)NC3=C2C(=O)CC(c2ccc(OCC(C)C)cc2)C3)c1. The fourth-order valence-corrected chi connectivity index (χ4v) is 4.67. The lowest BCUT2D eigenvalue weighted by atomic mass is 9.73. The third-order valence-corrected chi connectivity index (χ3v) is 6.28. The van der Waals surface area contributed by atoms with Gasteiger partial charge in [-0.3, -0.25) is 9.59 Å². The molecule has 2 aromatic carbocycles. The lowest BCUT2D eigenvalue weighted by Gasteiger charge is -2.35. The molecule has 2 aliphatic rings. The molecule has 1 aliphatic heterocycles. The van der Waals surface area contributed by atoms with E-state index in [1.54, 1.807) is 14.2 Å². The maximum atomic E-state index is 13.4. The number of nitrogens with one attached hydrogen (secondary N) is 1. The van der Waals surface area contributed by atoms with Crippen molar-refractivity contribution in [1.82, 2.24) is 5.32 Å². The van der Waals surface area contributed by atoms with Crippen LogP contribution in [0.15, 0.2) is 53.7 Å². The number of hydrogen-bond acceptors (Lipinski definition) is 5. The van der Waals surface area contributed by atoms with Crippen LogP contribution in [0.2, 0.25) is 0 Å². The van der Waals surface area contributed by atoms with E-state index in [0.717, 1.165) is 22.6 Å². The predicted molar refractivity (Wildman–Crippen MR) is 126 cm³/mol. The molecule has 0 spiro atoms. The van der Waals surface area contributed by atoms with Crippen molar-refractivity contribution in [2.75, 3.05) is 20.8 Å². The van der Waals surface area contributed by atoms with Crippen LogP contribution in [0.3, 0.4) is 0 Å². The molecule has 6 heteroatoms. The Morgan fingerprint density at radius 1 is 0.939 bits per heavy atom. The molecule has 1 aliphatic carbocycles. The monoisotopic (exact) mass is 449 g/mol. The molecule has 1 N–H and O–H groups in total. The zero-order valence-corrected chi connectivity index (χ0v) is 19.6. The molecular formula is C27H31NO5. The number of methoxy groups -OCH3 is 2. The van der Waals surface area contributed by atoms with Gasteiger partial charge < -0.3 is 19.5 Å². The second-order valence-electron chi connectivity index (χ2n) is 9.11. The third kappa shape index (κ3) is 4.90. The molecule has 0 fully saturated rings. The van der Waals surface area contributed by atoms with Crippen molar-refractivity contribution >= 4 is 11.7 Å². The van der Waals surface area contributed by atoms with Gasteiger partial charge in [-0.15, -0.1) is 0 Å². The van der Waals surface area contributed by atoms with Crippen molar-refractivity contribution in [1.29, 1.82) is 0 Å². The van der Waals surface area contributed by atoms with Gasteiger partial charge in [-0.1, -0.05) is 26.0 Å². The average molecular weight is 450 g/mol. The summed E-state index contributed by atoms with van der Waals surface area (Å²) >= 11 is 0. The number of ketones is 1. The van der Waals surface area contributed by atoms with Gasteiger partial charge in [0.15, 0.2) is 5.78 Å². The van der Waals surface area contributed by atoms with Crippen LogP contribution in [0.25, 0.3) is 0 Å². The van der Waals surface area contributed by atoms with Gasteiger partial charge in [0.25, 0.3) is 0 Å². The summed E-state index contributed by atoms with van der Waals surface area (Å²) in [5.41, 5.74) is 3.29. The summed E-state index contributed by atoms with van der Waals surface area (Å²) in [6.07, 6.45) is 1.23. The van der Waals surface area contributed by atoms with Crippen molar-refractivity contribution in [2.24, 2.45) is 5.92 Å². The first-order valence-corrected chi connectivity index (χ1v) is 11.4. The van der Waals surface area contributed by atoms with Crippen LogP contribution < -0.4 is 19.5 Å². The van der Waals surface area contributed by atoms with E-state index in [-0.39, 0.29) is 29.9 Å². The summed E-state index contributed by atoms with van der Waals surface area (Å²) in [6.45, 7) is 4.89. The van der Waals surface area contributed by atoms with Gasteiger partial charge in [0.2, 0.25) is 5.91 Å². The Labute approximate surface area is 194 Å². The van der Waals surface area contributed by atoms with Crippen molar-refractivity contribution in [3.63, 3.8) is 0 Å². The summed E-state index contributed by atoms with van der Waals surface area (Å²) in [6, 6.07) is 13.4. The highest BCUT2D eigenvalue weighted by Crippen LogP contribution is 2.45. The minimum absolute atomic E-state index is 0.0154. The molecule has 0 saturated carbocycles. The molecular weight excluding hydrogens is 418 g/mol. The molecule has 0 radical (unpaired) electrons. The van der Waals surface area contributed by atoms with Crippen LogP contribution >= 0.6 is 0 Å². The average Bonchev–Trinajstić information content (AvgIpc) is 2.81. The quantitative estimate of drug-likeness (QED) is 0.661. The van der Waals surface area contributed by atoms with E-state index in [0.29, 0.717) is 42.4 Å². The summed E-state index contributed by atoms with van der Waals surface area (Å²) in [5.74, 6) is 2.24. The Kier molecular flexibility index (Phi) is 6.72. The second kappa shape index (κ2) is 9.69. The van der Waals surface area contributed by atoms with E-state index in [9.17, 15) is 9.59 Å². The van der Waals surface area contributed by atoms with Gasteiger partial charge in [-0.2, -0.15) is 0 Å². The van der Waals surface area contributed by atoms with Crippen LogP contribution in [0.1, 0.15) is 56.1 Å². The summed E-state index contributed by atoms with van der Waals surface area (Å²) in [5, 5.41) is 2.98. The summed E-state index contributed by atoms with van der Waals surface area (Å²) < 4.78 is 16.7. The Bertz CT molecular complexity index is 1070. The summed E-state index contributed by atoms with van der Waals surface area (Å²) in [7, 11) is 3.19. The zero-order chi connectivity index (χ0) is 23.5. The number of rotatable bonds is 7. The fraction of sp³-hybridized carbons (Fsp3) is 0.407. The Balaban J connectivity index is 1.63. The highest BCUT2D eigenvalue weighted by Gasteiger charge is 2.39. The number of allylic oxidation sites excluding steroid dienone is 2. The van der Waals surface area contributed by atoms with Gasteiger partial charge in [0.05, 0.1) is 20.8 Å². The summed E-state index contributed by atoms with van der Waals surface area (Å²) in [4.78, 5) is 26.0. The normalized spacial score (nSPS) is 20.4. The van der Waals surface area contributed by atoms with Gasteiger partial charge >= 0.3 is 0 Å². The van der Waals surface area contributed by atoms with E-state index < -0.39 is 0 Å². The molecule has 0 aromatic heterocycles. The highest BCUT2D eigenvalue weighted by atomic mass is 16.5. The molecule has 2 aromatic rings. The van der Waals surface area contributed by atoms with Crippen molar-refractivity contribution in [3.05, 3.63) is 64.9 Å². The Morgan fingerprint density at radius 2 is 1.67 bits per heavy atom. The first-order valence-electron chi connectivity index (χ1n) is 11.4. The number of amides is 1. The zero-order valence-electron chi connectivity index (χ0n) is 19.6. The van der Waals surface area contributed by atoms with E-state index >= 15 is 0 Å². The van der Waals surface area contributed by atoms with E-state index in [2.05, 4.69) is 19.2 Å². The number of ether oxygens (including phenoxy) is 3. The van der Waals surface area contributed by atoms with E-state index in [4.69, 9.17) is 14.2 Å². The molecule has 6 nitrogen and oxygen atoms in total. The molecule has 33 heavy (non-hydrogen) atoms. The van der Waals surface area contributed by atoms with Gasteiger partial charge in [0.1, 0.15) is 17.2 Å². The number of carbonyl (C=O) groups is 2. The molecule has 2 unspecified atom stereocenters. The lowest BCUT2D eigenvalue weighted by molar-refractivity contribution is -0.122. The lowest BCUT2D eigenvalue weighted by Crippen LogP contribution is -2.38. The molecule has 0 saturated heterocycles. The third-order valence-electron chi connectivity index (χ3n) is 6.28. The minimum atomic E-state index is -0.348. The molecule has 0 bridgehead atoms. The van der Waals surface area contributed by atoms with Gasteiger partial charge in [-0.05, 0) is 54.2 Å². The first-order chi connectivity index (χ1) is 15.9. The maximum Gasteiger partial charge on any atom is 0.225 e. The molecule has 1 amide bonds. The van der Waals surface area contributed by atoms with Crippen molar-refractivity contribution < 1.29 is 23.8 Å². The smallest absolute Gasteiger partial charge is 0.225 e. The molecule has 2 atom stereocenters. The van der Waals surface area contributed by atoms with Crippen molar-refractivity contribution in [3.8, 4) is 17.2 Å². The van der Waals surface area contributed by atoms with E-state index in [1.807, 2.05) is 42.5 Å². The second-order valence-corrected chi connectivity index (χ2v) is 9.11. The topological polar surface area (TPSA) is 73.9 Å². The Morgan fingerprint density at radius 3 is 2.33 bits per heavy atom. The minimum Gasteiger partial charge on any atom is -0.497 e. The van der Waals surface area contributed by atoms with Crippen LogP contribution in [0.5, 0.6) is 17.2 Å². The molecule has 174 valence electrons. The van der Waals surface area contributed by atoms with Gasteiger partial charge in [-0.25, -0.2) is 0 Å². The number of Topliss-reactive ketones (excluding diaryl/α,β-unsaturated/α-hetero) is 1. The van der Waals surface area contributed by atoms with Crippen LogP contribution in [0, 0.1) is 5.92 Å². The maximum absolute atomic E-state index is 13.4.